The quantitative estimate of drug-likeness (QED) is 0.783. The van der Waals surface area contributed by atoms with Crippen LogP contribution in [0.25, 0.3) is 0 Å². The average Bonchev–Trinajstić information content (AvgIpc) is 2.41. The number of hydrogen-bond donors (Lipinski definition) is 3. The van der Waals surface area contributed by atoms with E-state index in [2.05, 4.69) is 10.6 Å². The number of rotatable bonds is 3. The van der Waals surface area contributed by atoms with Crippen LogP contribution in [0.1, 0.15) is 17.5 Å². The van der Waals surface area contributed by atoms with Gasteiger partial charge in [-0.1, -0.05) is 18.2 Å². The van der Waals surface area contributed by atoms with Crippen molar-refractivity contribution in [1.82, 2.24) is 10.6 Å². The second-order valence-electron chi connectivity index (χ2n) is 5.07. The summed E-state index contributed by atoms with van der Waals surface area (Å²) < 4.78 is 38.5. The van der Waals surface area contributed by atoms with Gasteiger partial charge in [0.05, 0.1) is 24.1 Å². The Hall–Kier alpha value is -1.60. The Morgan fingerprint density at radius 2 is 2.10 bits per heavy atom. The van der Waals surface area contributed by atoms with Crippen molar-refractivity contribution in [2.45, 2.75) is 31.2 Å². The van der Waals surface area contributed by atoms with Gasteiger partial charge in [0.2, 0.25) is 5.91 Å². The first kappa shape index (κ1) is 15.8. The van der Waals surface area contributed by atoms with Crippen LogP contribution in [0.2, 0.25) is 0 Å². The standard InChI is InChI=1S/C14H17F3N2O2/c15-14(16,17)10-4-2-1-3-9(10)7-13(21)19-11-5-6-18-8-12(11)20/h1-4,11-12,18,20H,5-8H2,(H,19,21). The van der Waals surface area contributed by atoms with Crippen molar-refractivity contribution in [1.29, 1.82) is 0 Å². The van der Waals surface area contributed by atoms with Crippen LogP contribution in [0, 0.1) is 0 Å². The van der Waals surface area contributed by atoms with Crippen molar-refractivity contribution >= 4 is 5.91 Å². The Kier molecular flexibility index (Phi) is 4.84. The summed E-state index contributed by atoms with van der Waals surface area (Å²) in [5.41, 5.74) is -0.864. The molecule has 116 valence electrons. The van der Waals surface area contributed by atoms with Gasteiger partial charge in [0.1, 0.15) is 0 Å². The average molecular weight is 302 g/mol. The topological polar surface area (TPSA) is 61.4 Å². The third-order valence-electron chi connectivity index (χ3n) is 3.47. The van der Waals surface area contributed by atoms with Gasteiger partial charge in [0.15, 0.2) is 0 Å². The number of carbonyl (C=O) groups is 1. The fraction of sp³-hybridized carbons (Fsp3) is 0.500. The lowest BCUT2D eigenvalue weighted by molar-refractivity contribution is -0.138. The summed E-state index contributed by atoms with van der Waals surface area (Å²) in [4.78, 5) is 11.9. The molecule has 0 spiro atoms. The maximum Gasteiger partial charge on any atom is 0.416 e. The van der Waals surface area contributed by atoms with E-state index in [9.17, 15) is 23.1 Å². The van der Waals surface area contributed by atoms with E-state index in [0.29, 0.717) is 19.5 Å². The Labute approximate surface area is 120 Å². The molecule has 0 aliphatic carbocycles. The minimum atomic E-state index is -4.48. The molecule has 1 aliphatic rings. The van der Waals surface area contributed by atoms with E-state index < -0.39 is 29.8 Å². The van der Waals surface area contributed by atoms with Crippen LogP contribution in [0.4, 0.5) is 13.2 Å². The minimum Gasteiger partial charge on any atom is -0.390 e. The summed E-state index contributed by atoms with van der Waals surface area (Å²) in [5.74, 6) is -0.516. The number of hydrogen-bond acceptors (Lipinski definition) is 3. The first-order valence-electron chi connectivity index (χ1n) is 6.71. The molecule has 2 unspecified atom stereocenters. The van der Waals surface area contributed by atoms with E-state index in [1.165, 1.54) is 18.2 Å². The summed E-state index contributed by atoms with van der Waals surface area (Å²) in [6, 6.07) is 4.60. The van der Waals surface area contributed by atoms with Crippen LogP contribution in [-0.2, 0) is 17.4 Å². The molecule has 0 radical (unpaired) electrons. The molecule has 2 rings (SSSR count). The number of benzene rings is 1. The normalized spacial score (nSPS) is 22.9. The molecular weight excluding hydrogens is 285 g/mol. The highest BCUT2D eigenvalue weighted by Gasteiger charge is 2.33. The second-order valence-corrected chi connectivity index (χ2v) is 5.07. The van der Waals surface area contributed by atoms with Crippen LogP contribution >= 0.6 is 0 Å². The number of alkyl halides is 3. The van der Waals surface area contributed by atoms with Crippen LogP contribution in [-0.4, -0.2) is 36.2 Å². The maximum absolute atomic E-state index is 12.8. The Morgan fingerprint density at radius 1 is 1.38 bits per heavy atom. The SMILES string of the molecule is O=C(Cc1ccccc1C(F)(F)F)NC1CCNCC1O. The van der Waals surface area contributed by atoms with Gasteiger partial charge in [-0.25, -0.2) is 0 Å². The molecule has 0 saturated carbocycles. The monoisotopic (exact) mass is 302 g/mol. The molecule has 1 aliphatic heterocycles. The molecule has 1 aromatic rings. The largest absolute Gasteiger partial charge is 0.416 e. The van der Waals surface area contributed by atoms with E-state index >= 15 is 0 Å². The lowest BCUT2D eigenvalue weighted by atomic mass is 10.0. The van der Waals surface area contributed by atoms with Crippen molar-refractivity contribution < 1.29 is 23.1 Å². The van der Waals surface area contributed by atoms with Gasteiger partial charge < -0.3 is 15.7 Å². The molecule has 3 N–H and O–H groups in total. The van der Waals surface area contributed by atoms with Gasteiger partial charge in [0, 0.05) is 6.54 Å². The Balaban J connectivity index is 2.03. The van der Waals surface area contributed by atoms with Crippen molar-refractivity contribution in [2.75, 3.05) is 13.1 Å². The molecular formula is C14H17F3N2O2. The predicted octanol–water partition coefficient (Wildman–Crippen LogP) is 1.09. The van der Waals surface area contributed by atoms with Gasteiger partial charge >= 0.3 is 6.18 Å². The van der Waals surface area contributed by atoms with E-state index in [1.54, 1.807) is 0 Å². The third-order valence-corrected chi connectivity index (χ3v) is 3.47. The predicted molar refractivity (Wildman–Crippen MR) is 70.6 cm³/mol. The second kappa shape index (κ2) is 6.44. The fourth-order valence-electron chi connectivity index (χ4n) is 2.39. The molecule has 21 heavy (non-hydrogen) atoms. The van der Waals surface area contributed by atoms with Crippen LogP contribution < -0.4 is 10.6 Å². The number of amides is 1. The summed E-state index contributed by atoms with van der Waals surface area (Å²) in [5, 5.41) is 15.3. The maximum atomic E-state index is 12.8. The highest BCUT2D eigenvalue weighted by atomic mass is 19.4. The number of aliphatic hydroxyl groups excluding tert-OH is 1. The lowest BCUT2D eigenvalue weighted by Gasteiger charge is -2.29. The van der Waals surface area contributed by atoms with Gasteiger partial charge in [-0.15, -0.1) is 0 Å². The van der Waals surface area contributed by atoms with E-state index in [1.807, 2.05) is 0 Å². The molecule has 1 fully saturated rings. The molecule has 0 bridgehead atoms. The van der Waals surface area contributed by atoms with Gasteiger partial charge in [0.25, 0.3) is 0 Å². The number of piperidine rings is 1. The summed E-state index contributed by atoms with van der Waals surface area (Å²) >= 11 is 0. The zero-order valence-electron chi connectivity index (χ0n) is 11.3. The molecule has 1 saturated heterocycles. The molecule has 4 nitrogen and oxygen atoms in total. The lowest BCUT2D eigenvalue weighted by Crippen LogP contribution is -2.53. The molecule has 1 aromatic carbocycles. The summed E-state index contributed by atoms with van der Waals surface area (Å²) in [7, 11) is 0. The van der Waals surface area contributed by atoms with Gasteiger partial charge in [-0.3, -0.25) is 4.79 Å². The number of carbonyl (C=O) groups excluding carboxylic acids is 1. The highest BCUT2D eigenvalue weighted by molar-refractivity contribution is 5.79. The summed E-state index contributed by atoms with van der Waals surface area (Å²) in [6.07, 6.45) is -5.01. The molecule has 1 heterocycles. The molecule has 7 heteroatoms. The highest BCUT2D eigenvalue weighted by Crippen LogP contribution is 2.32. The van der Waals surface area contributed by atoms with Crippen molar-refractivity contribution in [3.05, 3.63) is 35.4 Å². The van der Waals surface area contributed by atoms with Crippen molar-refractivity contribution in [3.8, 4) is 0 Å². The minimum absolute atomic E-state index is 0.0640. The molecule has 1 amide bonds. The summed E-state index contributed by atoms with van der Waals surface area (Å²) in [6.45, 7) is 1.02. The molecule has 0 aromatic heterocycles. The number of nitrogens with one attached hydrogen (secondary N) is 2. The number of β-amino-alcohol motifs (C(OH)–C–C–N with tert-alkyl or cyclic N) is 1. The van der Waals surface area contributed by atoms with Crippen LogP contribution in [0.5, 0.6) is 0 Å². The zero-order chi connectivity index (χ0) is 15.5. The Morgan fingerprint density at radius 3 is 2.76 bits per heavy atom. The van der Waals surface area contributed by atoms with E-state index in [4.69, 9.17) is 0 Å². The van der Waals surface area contributed by atoms with Crippen molar-refractivity contribution in [2.24, 2.45) is 0 Å². The van der Waals surface area contributed by atoms with E-state index in [0.717, 1.165) is 6.07 Å². The van der Waals surface area contributed by atoms with E-state index in [-0.39, 0.29) is 12.0 Å². The number of aliphatic hydroxyl groups is 1. The fourth-order valence-corrected chi connectivity index (χ4v) is 2.39. The third kappa shape index (κ3) is 4.18. The zero-order valence-corrected chi connectivity index (χ0v) is 11.3. The smallest absolute Gasteiger partial charge is 0.390 e. The van der Waals surface area contributed by atoms with Crippen molar-refractivity contribution in [3.63, 3.8) is 0 Å². The Bertz CT molecular complexity index is 505. The van der Waals surface area contributed by atoms with Crippen LogP contribution in [0.15, 0.2) is 24.3 Å². The number of halogens is 3. The molecule has 2 atom stereocenters. The first-order chi connectivity index (χ1) is 9.88. The van der Waals surface area contributed by atoms with Crippen LogP contribution in [0.3, 0.4) is 0 Å². The van der Waals surface area contributed by atoms with Gasteiger partial charge in [-0.05, 0) is 24.6 Å². The first-order valence-corrected chi connectivity index (χ1v) is 6.71. The van der Waals surface area contributed by atoms with Gasteiger partial charge in [-0.2, -0.15) is 13.2 Å².